The third kappa shape index (κ3) is 6.40. The van der Waals surface area contributed by atoms with Crippen LogP contribution in [0.25, 0.3) is 5.57 Å². The zero-order valence-electron chi connectivity index (χ0n) is 22.0. The van der Waals surface area contributed by atoms with Crippen LogP contribution in [0.2, 0.25) is 0 Å². The molecule has 0 aliphatic heterocycles. The number of aliphatic carboxylic acids is 1. The van der Waals surface area contributed by atoms with Crippen molar-refractivity contribution in [3.63, 3.8) is 0 Å². The van der Waals surface area contributed by atoms with Gasteiger partial charge in [-0.2, -0.15) is 0 Å². The zero-order valence-corrected chi connectivity index (χ0v) is 22.8. The highest BCUT2D eigenvalue weighted by Crippen LogP contribution is 2.61. The molecule has 2 aromatic rings. The summed E-state index contributed by atoms with van der Waals surface area (Å²) in [5, 5.41) is 9.29. The normalized spacial score (nSPS) is 20.9. The van der Waals surface area contributed by atoms with Crippen LogP contribution in [0, 0.1) is 18.8 Å². The fourth-order valence-electron chi connectivity index (χ4n) is 5.12. The standard InChI is InChI=1S/C28H33FN2O6S/c1-5-23(29)19(15-37-25-12-18-11-20-26(22(18)14-31-25)27(20)28(32)33)9-16(2)21-13-30-24(10-17(21)3)36-7-6-8-38(4,34)35/h9-10,12-14,20,26-27H,5-8,11,15H2,1-4H3,(H,32,33)/b16-9+,23-19-/t20-,26-,27+/m1/s1. The van der Waals surface area contributed by atoms with Gasteiger partial charge in [0.25, 0.3) is 0 Å². The number of aryl methyl sites for hydroxylation is 1. The van der Waals surface area contributed by atoms with Gasteiger partial charge in [0.05, 0.1) is 18.3 Å². The van der Waals surface area contributed by atoms with Gasteiger partial charge in [0.1, 0.15) is 22.3 Å². The third-order valence-corrected chi connectivity index (χ3v) is 8.14. The summed E-state index contributed by atoms with van der Waals surface area (Å²) < 4.78 is 48.7. The van der Waals surface area contributed by atoms with Crippen LogP contribution >= 0.6 is 0 Å². The second-order valence-electron chi connectivity index (χ2n) is 10.0. The van der Waals surface area contributed by atoms with E-state index in [1.807, 2.05) is 19.9 Å². The van der Waals surface area contributed by atoms with E-state index in [4.69, 9.17) is 9.47 Å². The number of pyridine rings is 2. The van der Waals surface area contributed by atoms with Crippen molar-refractivity contribution in [3.8, 4) is 11.8 Å². The van der Waals surface area contributed by atoms with E-state index < -0.39 is 15.8 Å². The Labute approximate surface area is 222 Å². The van der Waals surface area contributed by atoms with Crippen LogP contribution in [-0.2, 0) is 21.1 Å². The maximum absolute atomic E-state index is 14.8. The molecule has 0 unspecified atom stereocenters. The van der Waals surface area contributed by atoms with E-state index in [9.17, 15) is 22.7 Å². The Morgan fingerprint density at radius 3 is 2.58 bits per heavy atom. The first-order chi connectivity index (χ1) is 18.0. The predicted octanol–water partition coefficient (Wildman–Crippen LogP) is 4.68. The van der Waals surface area contributed by atoms with Crippen LogP contribution in [0.4, 0.5) is 4.39 Å². The number of ether oxygens (including phenoxy) is 2. The summed E-state index contributed by atoms with van der Waals surface area (Å²) in [6.45, 7) is 5.76. The van der Waals surface area contributed by atoms with Crippen molar-refractivity contribution in [1.29, 1.82) is 0 Å². The molecule has 0 saturated heterocycles. The van der Waals surface area contributed by atoms with Crippen LogP contribution in [-0.4, -0.2) is 54.7 Å². The molecule has 10 heteroatoms. The van der Waals surface area contributed by atoms with Crippen molar-refractivity contribution < 1.29 is 32.2 Å². The van der Waals surface area contributed by atoms with Crippen molar-refractivity contribution >= 4 is 21.4 Å². The molecular weight excluding hydrogens is 511 g/mol. The molecule has 2 aliphatic rings. The fraction of sp³-hybridized carbons (Fsp3) is 0.464. The van der Waals surface area contributed by atoms with Gasteiger partial charge in [-0.1, -0.05) is 6.92 Å². The number of allylic oxidation sites excluding steroid dienone is 2. The molecule has 3 atom stereocenters. The van der Waals surface area contributed by atoms with Gasteiger partial charge in [0, 0.05) is 42.3 Å². The van der Waals surface area contributed by atoms with E-state index in [1.165, 1.54) is 6.26 Å². The number of hydrogen-bond acceptors (Lipinski definition) is 7. The Morgan fingerprint density at radius 2 is 1.92 bits per heavy atom. The number of sulfone groups is 1. The summed E-state index contributed by atoms with van der Waals surface area (Å²) >= 11 is 0. The lowest BCUT2D eigenvalue weighted by Crippen LogP contribution is -2.08. The van der Waals surface area contributed by atoms with Gasteiger partial charge in [-0.3, -0.25) is 4.79 Å². The van der Waals surface area contributed by atoms with Gasteiger partial charge in [0.15, 0.2) is 0 Å². The van der Waals surface area contributed by atoms with Crippen molar-refractivity contribution in [3.05, 3.63) is 64.3 Å². The van der Waals surface area contributed by atoms with Crippen molar-refractivity contribution in [2.24, 2.45) is 11.8 Å². The molecule has 0 aromatic carbocycles. The van der Waals surface area contributed by atoms with Crippen molar-refractivity contribution in [2.45, 2.75) is 46.0 Å². The van der Waals surface area contributed by atoms with Crippen LogP contribution in [0.5, 0.6) is 11.8 Å². The first-order valence-corrected chi connectivity index (χ1v) is 14.7. The van der Waals surface area contributed by atoms with Gasteiger partial charge in [-0.15, -0.1) is 0 Å². The summed E-state index contributed by atoms with van der Waals surface area (Å²) in [6.07, 6.45) is 7.59. The van der Waals surface area contributed by atoms with E-state index in [-0.39, 0.29) is 49.0 Å². The molecule has 1 fully saturated rings. The Bertz CT molecular complexity index is 1400. The summed E-state index contributed by atoms with van der Waals surface area (Å²) in [7, 11) is -3.03. The van der Waals surface area contributed by atoms with E-state index in [1.54, 1.807) is 31.5 Å². The van der Waals surface area contributed by atoms with Gasteiger partial charge in [-0.05, 0) is 72.9 Å². The first-order valence-electron chi connectivity index (χ1n) is 12.7. The van der Waals surface area contributed by atoms with E-state index in [0.29, 0.717) is 30.2 Å². The average molecular weight is 545 g/mol. The highest BCUT2D eigenvalue weighted by molar-refractivity contribution is 7.90. The SMILES string of the molecule is CC/C(F)=C(\C=C(/C)c1cnc(OCCCS(C)(=O)=O)cc1C)COc1cc2c(cn1)[C@H]1[C@@H](C2)[C@@H]1C(=O)O. The number of rotatable bonds is 12. The van der Waals surface area contributed by atoms with E-state index in [2.05, 4.69) is 9.97 Å². The van der Waals surface area contributed by atoms with Crippen LogP contribution in [0.15, 0.2) is 42.0 Å². The summed E-state index contributed by atoms with van der Waals surface area (Å²) in [4.78, 5) is 20.0. The molecule has 2 aliphatic carbocycles. The van der Waals surface area contributed by atoms with Crippen molar-refractivity contribution in [2.75, 3.05) is 25.2 Å². The molecule has 0 radical (unpaired) electrons. The molecular formula is C28H33FN2O6S. The highest BCUT2D eigenvalue weighted by Gasteiger charge is 2.59. The highest BCUT2D eigenvalue weighted by atomic mass is 32.2. The average Bonchev–Trinajstić information content (AvgIpc) is 3.45. The van der Waals surface area contributed by atoms with Crippen LogP contribution < -0.4 is 9.47 Å². The number of hydrogen-bond donors (Lipinski definition) is 1. The maximum atomic E-state index is 14.8. The topological polar surface area (TPSA) is 116 Å². The van der Waals surface area contributed by atoms with Crippen molar-refractivity contribution in [1.82, 2.24) is 9.97 Å². The van der Waals surface area contributed by atoms with Gasteiger partial charge in [-0.25, -0.2) is 22.8 Å². The minimum absolute atomic E-state index is 0.00140. The monoisotopic (exact) mass is 544 g/mol. The lowest BCUT2D eigenvalue weighted by molar-refractivity contribution is -0.139. The molecule has 0 amide bonds. The smallest absolute Gasteiger partial charge is 0.307 e. The van der Waals surface area contributed by atoms with E-state index >= 15 is 0 Å². The Morgan fingerprint density at radius 1 is 1.21 bits per heavy atom. The predicted molar refractivity (Wildman–Crippen MR) is 142 cm³/mol. The zero-order chi connectivity index (χ0) is 27.6. The third-order valence-electron chi connectivity index (χ3n) is 7.11. The van der Waals surface area contributed by atoms with E-state index in [0.717, 1.165) is 27.8 Å². The number of aromatic nitrogens is 2. The Kier molecular flexibility index (Phi) is 8.20. The number of nitrogens with zero attached hydrogens (tertiary/aromatic N) is 2. The summed E-state index contributed by atoms with van der Waals surface area (Å²) in [5.41, 5.74) is 4.97. The maximum Gasteiger partial charge on any atom is 0.307 e. The van der Waals surface area contributed by atoms with Crippen LogP contribution in [0.3, 0.4) is 0 Å². The molecule has 1 N–H and O–H groups in total. The molecule has 1 saturated carbocycles. The number of carboxylic acid groups (broad SMARTS) is 1. The van der Waals surface area contributed by atoms with Gasteiger partial charge in [0.2, 0.25) is 11.8 Å². The number of halogens is 1. The molecule has 8 nitrogen and oxygen atoms in total. The molecule has 204 valence electrons. The minimum Gasteiger partial charge on any atom is -0.481 e. The lowest BCUT2D eigenvalue weighted by Gasteiger charge is -2.13. The fourth-order valence-corrected chi connectivity index (χ4v) is 5.76. The molecule has 0 spiro atoms. The Hall–Kier alpha value is -3.27. The summed E-state index contributed by atoms with van der Waals surface area (Å²) in [5.74, 6) is -0.318. The summed E-state index contributed by atoms with van der Waals surface area (Å²) in [6, 6.07) is 3.61. The number of carboxylic acids is 1. The largest absolute Gasteiger partial charge is 0.481 e. The molecule has 0 bridgehead atoms. The molecule has 4 rings (SSSR count). The molecule has 2 aromatic heterocycles. The second kappa shape index (κ2) is 11.2. The van der Waals surface area contributed by atoms with Gasteiger partial charge < -0.3 is 14.6 Å². The second-order valence-corrected chi connectivity index (χ2v) is 12.3. The number of fused-ring (bicyclic) bond motifs is 3. The molecule has 2 heterocycles. The minimum atomic E-state index is -3.03. The quantitative estimate of drug-likeness (QED) is 0.302. The first kappa shape index (κ1) is 27.8. The van der Waals surface area contributed by atoms with Crippen LogP contribution in [0.1, 0.15) is 54.9 Å². The van der Waals surface area contributed by atoms with Gasteiger partial charge >= 0.3 is 5.97 Å². The lowest BCUT2D eigenvalue weighted by atomic mass is 10.0. The number of carbonyl (C=O) groups is 1. The molecule has 38 heavy (non-hydrogen) atoms. The Balaban J connectivity index is 1.41.